The van der Waals surface area contributed by atoms with Crippen molar-refractivity contribution in [2.24, 2.45) is 0 Å². The van der Waals surface area contributed by atoms with Crippen LogP contribution in [0.15, 0.2) is 18.2 Å². The van der Waals surface area contributed by atoms with Gasteiger partial charge in [0.2, 0.25) is 0 Å². The van der Waals surface area contributed by atoms with Crippen molar-refractivity contribution in [3.8, 4) is 0 Å². The SMILES string of the molecule is CCCCCCCCCCc1c(C)cccc1C. The predicted octanol–water partition coefficient (Wildman–Crippen LogP) is 5.99. The summed E-state index contributed by atoms with van der Waals surface area (Å²) in [7, 11) is 0. The van der Waals surface area contributed by atoms with Crippen molar-refractivity contribution in [1.29, 1.82) is 0 Å². The molecule has 0 aromatic heterocycles. The Balaban J connectivity index is 2.11. The first-order chi connectivity index (χ1) is 8.75. The van der Waals surface area contributed by atoms with Gasteiger partial charge in [0.25, 0.3) is 0 Å². The van der Waals surface area contributed by atoms with E-state index in [0.717, 1.165) is 0 Å². The van der Waals surface area contributed by atoms with Crippen LogP contribution in [-0.4, -0.2) is 0 Å². The molecule has 0 amide bonds. The lowest BCUT2D eigenvalue weighted by molar-refractivity contribution is 0.575. The fourth-order valence-electron chi connectivity index (χ4n) is 2.68. The maximum absolute atomic E-state index is 2.28. The van der Waals surface area contributed by atoms with E-state index in [4.69, 9.17) is 0 Å². The lowest BCUT2D eigenvalue weighted by Gasteiger charge is -2.09. The Bertz CT molecular complexity index is 305. The third-order valence-electron chi connectivity index (χ3n) is 3.92. The van der Waals surface area contributed by atoms with Crippen LogP contribution in [0.2, 0.25) is 0 Å². The summed E-state index contributed by atoms with van der Waals surface area (Å²) in [6, 6.07) is 6.65. The van der Waals surface area contributed by atoms with Crippen molar-refractivity contribution in [3.05, 3.63) is 34.9 Å². The van der Waals surface area contributed by atoms with E-state index in [1.165, 1.54) is 68.9 Å². The van der Waals surface area contributed by atoms with Gasteiger partial charge in [0.15, 0.2) is 0 Å². The van der Waals surface area contributed by atoms with Crippen molar-refractivity contribution < 1.29 is 0 Å². The van der Waals surface area contributed by atoms with Gasteiger partial charge in [-0.1, -0.05) is 70.1 Å². The molecule has 0 aliphatic rings. The molecule has 1 aromatic rings. The zero-order valence-corrected chi connectivity index (χ0v) is 12.6. The van der Waals surface area contributed by atoms with Crippen LogP contribution in [-0.2, 0) is 6.42 Å². The zero-order chi connectivity index (χ0) is 13.2. The maximum Gasteiger partial charge on any atom is -0.0274 e. The monoisotopic (exact) mass is 246 g/mol. The molecule has 0 heterocycles. The van der Waals surface area contributed by atoms with Crippen LogP contribution in [0.4, 0.5) is 0 Å². The Morgan fingerprint density at radius 3 is 1.78 bits per heavy atom. The molecule has 0 radical (unpaired) electrons. The van der Waals surface area contributed by atoms with E-state index in [9.17, 15) is 0 Å². The third kappa shape index (κ3) is 5.71. The lowest BCUT2D eigenvalue weighted by Crippen LogP contribution is -1.94. The Morgan fingerprint density at radius 2 is 1.22 bits per heavy atom. The van der Waals surface area contributed by atoms with Gasteiger partial charge in [-0.05, 0) is 43.4 Å². The van der Waals surface area contributed by atoms with Gasteiger partial charge in [0, 0.05) is 0 Å². The van der Waals surface area contributed by atoms with Gasteiger partial charge in [0.05, 0.1) is 0 Å². The molecule has 1 rings (SSSR count). The first-order valence-corrected chi connectivity index (χ1v) is 7.80. The number of rotatable bonds is 9. The van der Waals surface area contributed by atoms with Crippen LogP contribution in [0.3, 0.4) is 0 Å². The van der Waals surface area contributed by atoms with Crippen LogP contribution in [0.1, 0.15) is 75.0 Å². The summed E-state index contributed by atoms with van der Waals surface area (Å²) in [5.41, 5.74) is 4.53. The molecule has 0 unspecified atom stereocenters. The number of hydrogen-bond acceptors (Lipinski definition) is 0. The Labute approximate surface area is 114 Å². The normalized spacial score (nSPS) is 10.8. The van der Waals surface area contributed by atoms with Crippen LogP contribution >= 0.6 is 0 Å². The minimum atomic E-state index is 1.27. The molecule has 0 aliphatic carbocycles. The van der Waals surface area contributed by atoms with Crippen molar-refractivity contribution in [2.45, 2.75) is 78.6 Å². The van der Waals surface area contributed by atoms with Gasteiger partial charge in [-0.15, -0.1) is 0 Å². The topological polar surface area (TPSA) is 0 Å². The molecule has 0 atom stereocenters. The fourth-order valence-corrected chi connectivity index (χ4v) is 2.68. The van der Waals surface area contributed by atoms with Gasteiger partial charge >= 0.3 is 0 Å². The molecule has 0 fully saturated rings. The molecule has 0 saturated heterocycles. The third-order valence-corrected chi connectivity index (χ3v) is 3.92. The molecule has 102 valence electrons. The average Bonchev–Trinajstić information content (AvgIpc) is 2.35. The number of aryl methyl sites for hydroxylation is 2. The van der Waals surface area contributed by atoms with E-state index < -0.39 is 0 Å². The minimum Gasteiger partial charge on any atom is -0.0654 e. The molecule has 0 spiro atoms. The van der Waals surface area contributed by atoms with Crippen molar-refractivity contribution in [1.82, 2.24) is 0 Å². The Kier molecular flexibility index (Phi) is 7.80. The van der Waals surface area contributed by atoms with Crippen molar-refractivity contribution in [3.63, 3.8) is 0 Å². The molecule has 0 heteroatoms. The van der Waals surface area contributed by atoms with E-state index >= 15 is 0 Å². The summed E-state index contributed by atoms with van der Waals surface area (Å²) in [6.45, 7) is 6.77. The molecule has 0 N–H and O–H groups in total. The summed E-state index contributed by atoms with van der Waals surface area (Å²) < 4.78 is 0. The molecule has 0 aliphatic heterocycles. The second-order valence-electron chi connectivity index (χ2n) is 5.60. The quantitative estimate of drug-likeness (QED) is 0.470. The summed E-state index contributed by atoms with van der Waals surface area (Å²) in [5, 5.41) is 0. The highest BCUT2D eigenvalue weighted by molar-refractivity contribution is 5.33. The molecular formula is C18H30. The smallest absolute Gasteiger partial charge is 0.0274 e. The summed E-state index contributed by atoms with van der Waals surface area (Å²) in [6.07, 6.45) is 12.5. The zero-order valence-electron chi connectivity index (χ0n) is 12.6. The predicted molar refractivity (Wildman–Crippen MR) is 82.2 cm³/mol. The van der Waals surface area contributed by atoms with Gasteiger partial charge in [-0.3, -0.25) is 0 Å². The molecular weight excluding hydrogens is 216 g/mol. The van der Waals surface area contributed by atoms with Gasteiger partial charge < -0.3 is 0 Å². The Hall–Kier alpha value is -0.780. The van der Waals surface area contributed by atoms with Crippen LogP contribution in [0.5, 0.6) is 0 Å². The molecule has 0 nitrogen and oxygen atoms in total. The van der Waals surface area contributed by atoms with Gasteiger partial charge in [-0.2, -0.15) is 0 Å². The highest BCUT2D eigenvalue weighted by Crippen LogP contribution is 2.17. The first-order valence-electron chi connectivity index (χ1n) is 7.80. The Morgan fingerprint density at radius 1 is 0.722 bits per heavy atom. The van der Waals surface area contributed by atoms with E-state index in [2.05, 4.69) is 39.0 Å². The second kappa shape index (κ2) is 9.19. The van der Waals surface area contributed by atoms with E-state index in [1.54, 1.807) is 5.56 Å². The van der Waals surface area contributed by atoms with E-state index in [1.807, 2.05) is 0 Å². The second-order valence-corrected chi connectivity index (χ2v) is 5.60. The van der Waals surface area contributed by atoms with Gasteiger partial charge in [0.1, 0.15) is 0 Å². The van der Waals surface area contributed by atoms with E-state index in [-0.39, 0.29) is 0 Å². The van der Waals surface area contributed by atoms with Gasteiger partial charge in [-0.25, -0.2) is 0 Å². The number of benzene rings is 1. The number of hydrogen-bond donors (Lipinski definition) is 0. The minimum absolute atomic E-state index is 1.27. The summed E-state index contributed by atoms with van der Waals surface area (Å²) in [4.78, 5) is 0. The first kappa shape index (κ1) is 15.3. The summed E-state index contributed by atoms with van der Waals surface area (Å²) in [5.74, 6) is 0. The van der Waals surface area contributed by atoms with E-state index in [0.29, 0.717) is 0 Å². The summed E-state index contributed by atoms with van der Waals surface area (Å²) >= 11 is 0. The highest BCUT2D eigenvalue weighted by atomic mass is 14.1. The fraction of sp³-hybridized carbons (Fsp3) is 0.667. The van der Waals surface area contributed by atoms with Crippen molar-refractivity contribution >= 4 is 0 Å². The largest absolute Gasteiger partial charge is 0.0654 e. The lowest BCUT2D eigenvalue weighted by atomic mass is 9.97. The molecule has 0 bridgehead atoms. The maximum atomic E-state index is 2.28. The number of unbranched alkanes of at least 4 members (excludes halogenated alkanes) is 7. The highest BCUT2D eigenvalue weighted by Gasteiger charge is 2.01. The van der Waals surface area contributed by atoms with Crippen LogP contribution in [0.25, 0.3) is 0 Å². The van der Waals surface area contributed by atoms with Crippen LogP contribution < -0.4 is 0 Å². The molecule has 18 heavy (non-hydrogen) atoms. The standard InChI is InChI=1S/C18H30/c1-4-5-6-7-8-9-10-11-15-18-16(2)13-12-14-17(18)3/h12-14H,4-11,15H2,1-3H3. The van der Waals surface area contributed by atoms with Crippen molar-refractivity contribution in [2.75, 3.05) is 0 Å². The molecule has 1 aromatic carbocycles. The average molecular weight is 246 g/mol. The molecule has 0 saturated carbocycles. The van der Waals surface area contributed by atoms with Crippen LogP contribution in [0, 0.1) is 13.8 Å².